The zero-order chi connectivity index (χ0) is 15.9. The molecule has 1 unspecified atom stereocenters. The predicted octanol–water partition coefficient (Wildman–Crippen LogP) is -1.58. The predicted molar refractivity (Wildman–Crippen MR) is 84.5 cm³/mol. The first-order chi connectivity index (χ1) is 10.6. The summed E-state index contributed by atoms with van der Waals surface area (Å²) in [7, 11) is 1.60. The Hall–Kier alpha value is -1.92. The van der Waals surface area contributed by atoms with E-state index in [1.54, 1.807) is 18.1 Å². The molecule has 2 aliphatic heterocycles. The van der Waals surface area contributed by atoms with Crippen LogP contribution in [0.25, 0.3) is 0 Å². The number of aliphatic imine (C=N–C) groups is 1. The van der Waals surface area contributed by atoms with Crippen molar-refractivity contribution in [1.29, 1.82) is 0 Å². The summed E-state index contributed by atoms with van der Waals surface area (Å²) in [6.07, 6.45) is 1.66. The van der Waals surface area contributed by atoms with E-state index in [4.69, 9.17) is 4.74 Å². The van der Waals surface area contributed by atoms with E-state index in [9.17, 15) is 4.79 Å². The van der Waals surface area contributed by atoms with Crippen molar-refractivity contribution in [2.24, 2.45) is 4.99 Å². The highest BCUT2D eigenvalue weighted by atomic mass is 35.5. The Labute approximate surface area is 142 Å². The van der Waals surface area contributed by atoms with Crippen molar-refractivity contribution < 1.29 is 26.8 Å². The molecule has 124 valence electrons. The van der Waals surface area contributed by atoms with Crippen LogP contribution in [-0.2, 0) is 4.79 Å². The summed E-state index contributed by atoms with van der Waals surface area (Å²) in [6.45, 7) is 6.67. The molecule has 1 amide bonds. The van der Waals surface area contributed by atoms with Crippen LogP contribution in [0.3, 0.4) is 0 Å². The van der Waals surface area contributed by atoms with E-state index in [1.807, 2.05) is 19.9 Å². The van der Waals surface area contributed by atoms with Crippen molar-refractivity contribution in [1.82, 2.24) is 4.98 Å². The van der Waals surface area contributed by atoms with Gasteiger partial charge in [-0.05, 0) is 19.4 Å². The van der Waals surface area contributed by atoms with Gasteiger partial charge in [0.1, 0.15) is 11.4 Å². The number of rotatable bonds is 4. The maximum atomic E-state index is 12.9. The van der Waals surface area contributed by atoms with Crippen LogP contribution in [-0.4, -0.2) is 30.4 Å². The number of carbonyl (C=O) groups is 1. The molecule has 0 spiro atoms. The minimum atomic E-state index is 0. The van der Waals surface area contributed by atoms with Crippen molar-refractivity contribution in [2.75, 3.05) is 18.6 Å². The summed E-state index contributed by atoms with van der Waals surface area (Å²) in [5, 5.41) is 0. The van der Waals surface area contributed by atoms with Gasteiger partial charge in [-0.3, -0.25) is 9.69 Å². The third-order valence-corrected chi connectivity index (χ3v) is 4.03. The second-order valence-corrected chi connectivity index (χ2v) is 5.43. The van der Waals surface area contributed by atoms with Gasteiger partial charge in [-0.1, -0.05) is 13.8 Å². The lowest BCUT2D eigenvalue weighted by atomic mass is 10.1. The molecule has 3 heterocycles. The zero-order valence-corrected chi connectivity index (χ0v) is 14.6. The summed E-state index contributed by atoms with van der Waals surface area (Å²) >= 11 is 0. The maximum Gasteiger partial charge on any atom is 0.315 e. The summed E-state index contributed by atoms with van der Waals surface area (Å²) in [5.41, 5.74) is 2.33. The number of pyridine rings is 1. The number of halogens is 1. The smallest absolute Gasteiger partial charge is 0.315 e. The molecule has 0 saturated carbocycles. The third-order valence-electron chi connectivity index (χ3n) is 4.03. The number of nitrogens with zero attached hydrogens (tertiary/aromatic N) is 3. The first-order valence-corrected chi connectivity index (χ1v) is 7.65. The van der Waals surface area contributed by atoms with E-state index in [1.165, 1.54) is 0 Å². The molecule has 0 saturated heterocycles. The van der Waals surface area contributed by atoms with Crippen LogP contribution in [0.4, 0.5) is 11.5 Å². The summed E-state index contributed by atoms with van der Waals surface area (Å²) < 4.78 is 5.26. The van der Waals surface area contributed by atoms with Crippen LogP contribution in [0, 0.1) is 0 Å². The first kappa shape index (κ1) is 17.4. The molecular formula is C16H21ClN4O2. The Bertz CT molecular complexity index is 699. The maximum absolute atomic E-state index is 12.9. The van der Waals surface area contributed by atoms with E-state index >= 15 is 0 Å². The summed E-state index contributed by atoms with van der Waals surface area (Å²) in [4.78, 5) is 24.8. The van der Waals surface area contributed by atoms with E-state index in [2.05, 4.69) is 16.9 Å². The molecule has 23 heavy (non-hydrogen) atoms. The number of amides is 1. The molecule has 1 aromatic heterocycles. The van der Waals surface area contributed by atoms with Crippen LogP contribution in [0.2, 0.25) is 0 Å². The van der Waals surface area contributed by atoms with Gasteiger partial charge in [-0.2, -0.15) is 9.98 Å². The number of methoxy groups -OCH3 is 1. The molecule has 1 atom stereocenters. The van der Waals surface area contributed by atoms with Gasteiger partial charge in [0.05, 0.1) is 7.11 Å². The fourth-order valence-electron chi connectivity index (χ4n) is 3.05. The molecule has 3 rings (SSSR count). The minimum absolute atomic E-state index is 0. The van der Waals surface area contributed by atoms with E-state index in [0.29, 0.717) is 18.1 Å². The number of ether oxygens (including phenoxy) is 1. The van der Waals surface area contributed by atoms with Gasteiger partial charge in [0.2, 0.25) is 17.4 Å². The average Bonchev–Trinajstić information content (AvgIpc) is 2.88. The second-order valence-electron chi connectivity index (χ2n) is 5.43. The monoisotopic (exact) mass is 336 g/mol. The van der Waals surface area contributed by atoms with E-state index in [0.717, 1.165) is 40.8 Å². The van der Waals surface area contributed by atoms with Gasteiger partial charge in [-0.25, -0.2) is 4.90 Å². The molecule has 6 nitrogen and oxygen atoms in total. The molecule has 0 bridgehead atoms. The van der Waals surface area contributed by atoms with Gasteiger partial charge in [0, 0.05) is 19.0 Å². The lowest BCUT2D eigenvalue weighted by Gasteiger charge is -2.31. The van der Waals surface area contributed by atoms with Crippen LogP contribution < -0.4 is 26.9 Å². The number of allylic oxidation sites excluding steroid dienone is 1. The second kappa shape index (κ2) is 6.68. The molecule has 0 fully saturated rings. The Morgan fingerprint density at radius 1 is 1.30 bits per heavy atom. The Kier molecular flexibility index (Phi) is 5.06. The molecule has 0 radical (unpaired) electrons. The van der Waals surface area contributed by atoms with Crippen LogP contribution in [0.1, 0.15) is 33.6 Å². The normalized spacial score (nSPS) is 19.1. The summed E-state index contributed by atoms with van der Waals surface area (Å²) in [6, 6.07) is 3.72. The SMILES string of the molecule is CCCN1C(=O)C2=C(C)N=C(CC)[NH+]2c2nc(OC)ccc21.[Cl-]. The van der Waals surface area contributed by atoms with E-state index < -0.39 is 0 Å². The number of fused-ring (bicyclic) bond motifs is 3. The molecule has 0 aliphatic carbocycles. The topological polar surface area (TPSA) is 59.2 Å². The number of hydrogen-bond donors (Lipinski definition) is 1. The third kappa shape index (κ3) is 2.62. The number of aromatic nitrogens is 1. The van der Waals surface area contributed by atoms with Crippen molar-refractivity contribution >= 4 is 23.2 Å². The molecule has 0 aromatic carbocycles. The largest absolute Gasteiger partial charge is 1.00 e. The highest BCUT2D eigenvalue weighted by Gasteiger charge is 2.46. The Balaban J connectivity index is 0.00000192. The van der Waals surface area contributed by atoms with Gasteiger partial charge in [0.15, 0.2) is 0 Å². The Morgan fingerprint density at radius 2 is 2.04 bits per heavy atom. The van der Waals surface area contributed by atoms with Crippen molar-refractivity contribution in [2.45, 2.75) is 33.6 Å². The number of nitrogens with one attached hydrogen (secondary N) is 1. The van der Waals surface area contributed by atoms with Crippen molar-refractivity contribution in [3.8, 4) is 5.88 Å². The highest BCUT2D eigenvalue weighted by molar-refractivity contribution is 6.10. The highest BCUT2D eigenvalue weighted by Crippen LogP contribution is 2.31. The molecule has 1 N–H and O–H groups in total. The van der Waals surface area contributed by atoms with Gasteiger partial charge in [0.25, 0.3) is 5.82 Å². The summed E-state index contributed by atoms with van der Waals surface area (Å²) in [5.74, 6) is 2.32. The molecular weight excluding hydrogens is 316 g/mol. The first-order valence-electron chi connectivity index (χ1n) is 7.65. The average molecular weight is 337 g/mol. The molecule has 7 heteroatoms. The molecule has 2 aliphatic rings. The standard InChI is InChI=1S/C16H20N4O2.ClH/c1-5-9-19-11-7-8-13(22-4)18-15(11)20-12(6-2)17-10(3)14(20)16(19)21;/h7-8H,5-6,9H2,1-4H3;1H. The van der Waals surface area contributed by atoms with Gasteiger partial charge < -0.3 is 17.1 Å². The fourth-order valence-corrected chi connectivity index (χ4v) is 3.05. The van der Waals surface area contributed by atoms with E-state index in [-0.39, 0.29) is 18.3 Å². The fraction of sp³-hybridized carbons (Fsp3) is 0.438. The number of quaternary nitrogens is 1. The zero-order valence-electron chi connectivity index (χ0n) is 13.8. The molecule has 1 aromatic rings. The van der Waals surface area contributed by atoms with Gasteiger partial charge in [-0.15, -0.1) is 0 Å². The van der Waals surface area contributed by atoms with Crippen LogP contribution in [0.5, 0.6) is 5.88 Å². The van der Waals surface area contributed by atoms with Gasteiger partial charge >= 0.3 is 5.91 Å². The lowest BCUT2D eigenvalue weighted by Crippen LogP contribution is -3.09. The lowest BCUT2D eigenvalue weighted by molar-refractivity contribution is -0.681. The van der Waals surface area contributed by atoms with Crippen molar-refractivity contribution in [3.63, 3.8) is 0 Å². The van der Waals surface area contributed by atoms with Crippen molar-refractivity contribution in [3.05, 3.63) is 23.5 Å². The Morgan fingerprint density at radius 3 is 2.65 bits per heavy atom. The number of carbonyl (C=O) groups excluding carboxylic acids is 1. The van der Waals surface area contributed by atoms with Crippen LogP contribution >= 0.6 is 0 Å². The minimum Gasteiger partial charge on any atom is -1.00 e. The van der Waals surface area contributed by atoms with Crippen LogP contribution in [0.15, 0.2) is 28.5 Å². The number of hydrogen-bond acceptors (Lipinski definition) is 4. The quantitative estimate of drug-likeness (QED) is 0.722. The number of amidine groups is 1. The number of anilines is 1.